The molecule has 1 unspecified atom stereocenters. The number of nitrogens with one attached hydrogen (secondary N) is 1. The second-order valence-corrected chi connectivity index (χ2v) is 5.78. The van der Waals surface area contributed by atoms with Gasteiger partial charge in [0.25, 0.3) is 0 Å². The molecule has 1 aliphatic carbocycles. The van der Waals surface area contributed by atoms with Crippen molar-refractivity contribution in [1.82, 2.24) is 10.2 Å². The Bertz CT molecular complexity index is 574. The van der Waals surface area contributed by atoms with Gasteiger partial charge in [-0.1, -0.05) is 43.1 Å². The van der Waals surface area contributed by atoms with Gasteiger partial charge in [0.1, 0.15) is 0 Å². The molecule has 1 aromatic heterocycles. The number of halogens is 1. The summed E-state index contributed by atoms with van der Waals surface area (Å²) in [7, 11) is 0. The van der Waals surface area contributed by atoms with Gasteiger partial charge in [-0.15, -0.1) is 0 Å². The first-order chi connectivity index (χ1) is 9.27. The Morgan fingerprint density at radius 2 is 1.95 bits per heavy atom. The highest BCUT2D eigenvalue weighted by Crippen LogP contribution is 2.33. The Morgan fingerprint density at radius 1 is 1.16 bits per heavy atom. The van der Waals surface area contributed by atoms with E-state index < -0.39 is 0 Å². The summed E-state index contributed by atoms with van der Waals surface area (Å²) < 4.78 is 0. The Labute approximate surface area is 119 Å². The van der Waals surface area contributed by atoms with Crippen LogP contribution in [-0.2, 0) is 12.8 Å². The minimum atomic E-state index is 0.256. The zero-order valence-corrected chi connectivity index (χ0v) is 12.0. The molecule has 2 nitrogen and oxygen atoms in total. The van der Waals surface area contributed by atoms with Crippen LogP contribution in [0.2, 0.25) is 5.02 Å². The first-order valence-electron chi connectivity index (χ1n) is 7.08. The second-order valence-electron chi connectivity index (χ2n) is 5.37. The Kier molecular flexibility index (Phi) is 3.61. The van der Waals surface area contributed by atoms with Gasteiger partial charge in [-0.3, -0.25) is 5.10 Å². The molecule has 3 rings (SSSR count). The highest BCUT2D eigenvalue weighted by molar-refractivity contribution is 6.31. The standard InChI is InChI=1S/C16H19ClN2/c1-11(12-7-5-6-9-14(12)17)16-13-8-3-2-4-10-15(13)18-19-16/h5-7,9,11H,2-4,8,10H2,1H3,(H,18,19). The van der Waals surface area contributed by atoms with E-state index in [0.29, 0.717) is 0 Å². The molecule has 0 fully saturated rings. The molecule has 2 aromatic rings. The van der Waals surface area contributed by atoms with E-state index in [-0.39, 0.29) is 5.92 Å². The van der Waals surface area contributed by atoms with Crippen LogP contribution in [0.5, 0.6) is 0 Å². The van der Waals surface area contributed by atoms with Crippen LogP contribution >= 0.6 is 11.6 Å². The van der Waals surface area contributed by atoms with E-state index in [9.17, 15) is 0 Å². The Balaban J connectivity index is 1.98. The van der Waals surface area contributed by atoms with E-state index in [1.807, 2.05) is 18.2 Å². The van der Waals surface area contributed by atoms with E-state index in [0.717, 1.165) is 17.9 Å². The number of aromatic amines is 1. The van der Waals surface area contributed by atoms with Gasteiger partial charge in [-0.2, -0.15) is 5.10 Å². The van der Waals surface area contributed by atoms with Crippen LogP contribution in [-0.4, -0.2) is 10.2 Å². The van der Waals surface area contributed by atoms with E-state index in [1.165, 1.54) is 41.8 Å². The average molecular weight is 275 g/mol. The summed E-state index contributed by atoms with van der Waals surface area (Å²) in [4.78, 5) is 0. The summed E-state index contributed by atoms with van der Waals surface area (Å²) in [6.07, 6.45) is 6.15. The van der Waals surface area contributed by atoms with Crippen molar-refractivity contribution < 1.29 is 0 Å². The Morgan fingerprint density at radius 3 is 2.79 bits per heavy atom. The number of aromatic nitrogens is 2. The maximum atomic E-state index is 6.31. The van der Waals surface area contributed by atoms with Gasteiger partial charge in [0.2, 0.25) is 0 Å². The van der Waals surface area contributed by atoms with Crippen molar-refractivity contribution in [3.8, 4) is 0 Å². The molecule has 1 atom stereocenters. The molecule has 0 spiro atoms. The Hall–Kier alpha value is -1.28. The minimum Gasteiger partial charge on any atom is -0.282 e. The van der Waals surface area contributed by atoms with Gasteiger partial charge in [0, 0.05) is 16.6 Å². The number of hydrogen-bond donors (Lipinski definition) is 1. The zero-order valence-electron chi connectivity index (χ0n) is 11.2. The molecule has 1 aromatic carbocycles. The van der Waals surface area contributed by atoms with Crippen molar-refractivity contribution in [2.45, 2.75) is 44.9 Å². The van der Waals surface area contributed by atoms with Crippen LogP contribution in [0.15, 0.2) is 24.3 Å². The first-order valence-corrected chi connectivity index (χ1v) is 7.45. The predicted molar refractivity (Wildman–Crippen MR) is 78.8 cm³/mol. The first kappa shape index (κ1) is 12.7. The maximum absolute atomic E-state index is 6.31. The van der Waals surface area contributed by atoms with Crippen LogP contribution in [0.1, 0.15) is 54.6 Å². The lowest BCUT2D eigenvalue weighted by molar-refractivity contribution is 0.695. The molecular weight excluding hydrogens is 256 g/mol. The minimum absolute atomic E-state index is 0.256. The fraction of sp³-hybridized carbons (Fsp3) is 0.438. The highest BCUT2D eigenvalue weighted by atomic mass is 35.5. The fourth-order valence-corrected chi connectivity index (χ4v) is 3.31. The second kappa shape index (κ2) is 5.38. The van der Waals surface area contributed by atoms with E-state index in [1.54, 1.807) is 0 Å². The summed E-state index contributed by atoms with van der Waals surface area (Å²) in [6.45, 7) is 2.20. The number of benzene rings is 1. The molecular formula is C16H19ClN2. The molecule has 0 saturated heterocycles. The molecule has 3 heteroatoms. The fourth-order valence-electron chi connectivity index (χ4n) is 3.02. The molecule has 100 valence electrons. The third kappa shape index (κ3) is 2.42. The molecule has 0 radical (unpaired) electrons. The quantitative estimate of drug-likeness (QED) is 0.804. The summed E-state index contributed by atoms with van der Waals surface area (Å²) >= 11 is 6.31. The highest BCUT2D eigenvalue weighted by Gasteiger charge is 2.21. The topological polar surface area (TPSA) is 28.7 Å². The van der Waals surface area contributed by atoms with Gasteiger partial charge in [0.15, 0.2) is 0 Å². The lowest BCUT2D eigenvalue weighted by Gasteiger charge is -2.13. The van der Waals surface area contributed by atoms with Crippen LogP contribution < -0.4 is 0 Å². The van der Waals surface area contributed by atoms with Crippen LogP contribution in [0, 0.1) is 0 Å². The molecule has 19 heavy (non-hydrogen) atoms. The van der Waals surface area contributed by atoms with Gasteiger partial charge in [0.05, 0.1) is 5.69 Å². The molecule has 1 heterocycles. The number of aryl methyl sites for hydroxylation is 1. The molecule has 1 N–H and O–H groups in total. The van der Waals surface area contributed by atoms with E-state index >= 15 is 0 Å². The van der Waals surface area contributed by atoms with Crippen LogP contribution in [0.25, 0.3) is 0 Å². The van der Waals surface area contributed by atoms with Crippen molar-refractivity contribution in [3.63, 3.8) is 0 Å². The number of H-pyrrole nitrogens is 1. The monoisotopic (exact) mass is 274 g/mol. The third-order valence-corrected chi connectivity index (χ3v) is 4.46. The van der Waals surface area contributed by atoms with E-state index in [4.69, 9.17) is 11.6 Å². The summed E-state index contributed by atoms with van der Waals surface area (Å²) in [5.74, 6) is 0.256. The molecule has 1 aliphatic rings. The number of fused-ring (bicyclic) bond motifs is 1. The molecule has 0 saturated carbocycles. The largest absolute Gasteiger partial charge is 0.282 e. The van der Waals surface area contributed by atoms with Crippen LogP contribution in [0.4, 0.5) is 0 Å². The lowest BCUT2D eigenvalue weighted by Crippen LogP contribution is -2.01. The third-order valence-electron chi connectivity index (χ3n) is 4.12. The van der Waals surface area contributed by atoms with Crippen molar-refractivity contribution >= 4 is 11.6 Å². The zero-order chi connectivity index (χ0) is 13.2. The van der Waals surface area contributed by atoms with Crippen molar-refractivity contribution in [3.05, 3.63) is 51.8 Å². The van der Waals surface area contributed by atoms with Gasteiger partial charge in [-0.25, -0.2) is 0 Å². The van der Waals surface area contributed by atoms with Crippen molar-refractivity contribution in [1.29, 1.82) is 0 Å². The van der Waals surface area contributed by atoms with Crippen molar-refractivity contribution in [2.75, 3.05) is 0 Å². The maximum Gasteiger partial charge on any atom is 0.0729 e. The smallest absolute Gasteiger partial charge is 0.0729 e. The van der Waals surface area contributed by atoms with Gasteiger partial charge >= 0.3 is 0 Å². The summed E-state index contributed by atoms with van der Waals surface area (Å²) in [6, 6.07) is 8.08. The SMILES string of the molecule is CC(c1ccccc1Cl)c1n[nH]c2c1CCCCC2. The molecule has 0 bridgehead atoms. The molecule has 0 aliphatic heterocycles. The predicted octanol–water partition coefficient (Wildman–Crippen LogP) is 4.48. The van der Waals surface area contributed by atoms with Crippen LogP contribution in [0.3, 0.4) is 0 Å². The lowest BCUT2D eigenvalue weighted by atomic mass is 9.93. The summed E-state index contributed by atoms with van der Waals surface area (Å²) in [5.41, 5.74) is 5.13. The average Bonchev–Trinajstić information content (AvgIpc) is 2.67. The van der Waals surface area contributed by atoms with Gasteiger partial charge < -0.3 is 0 Å². The number of rotatable bonds is 2. The molecule has 0 amide bonds. The number of nitrogens with zero attached hydrogens (tertiary/aromatic N) is 1. The summed E-state index contributed by atoms with van der Waals surface area (Å²) in [5, 5.41) is 8.65. The van der Waals surface area contributed by atoms with Gasteiger partial charge in [-0.05, 0) is 42.9 Å². The number of hydrogen-bond acceptors (Lipinski definition) is 1. The van der Waals surface area contributed by atoms with Crippen molar-refractivity contribution in [2.24, 2.45) is 0 Å². The normalized spacial score (nSPS) is 16.7. The van der Waals surface area contributed by atoms with E-state index in [2.05, 4.69) is 23.2 Å².